The maximum Gasteiger partial charge on any atom is 0.410 e. The van der Waals surface area contributed by atoms with Gasteiger partial charge in [-0.05, 0) is 51.9 Å². The Balaban J connectivity index is 1.39. The molecule has 6 heteroatoms. The summed E-state index contributed by atoms with van der Waals surface area (Å²) in [5, 5.41) is 9.77. The average Bonchev–Trinajstić information content (AvgIpc) is 3.10. The summed E-state index contributed by atoms with van der Waals surface area (Å²) < 4.78 is 19.2. The molecule has 3 aromatic rings. The van der Waals surface area contributed by atoms with E-state index < -0.39 is 23.9 Å². The molecule has 156 valence electrons. The van der Waals surface area contributed by atoms with Gasteiger partial charge in [-0.25, -0.2) is 14.0 Å². The van der Waals surface area contributed by atoms with E-state index in [0.29, 0.717) is 17.5 Å². The number of hydrogen-bond donors (Lipinski definition) is 1. The molecule has 0 saturated carbocycles. The maximum absolute atomic E-state index is 13.6. The summed E-state index contributed by atoms with van der Waals surface area (Å²) in [6.07, 6.45) is -0.301. The Kier molecular flexibility index (Phi) is 4.70. The van der Waals surface area contributed by atoms with Gasteiger partial charge < -0.3 is 9.84 Å². The van der Waals surface area contributed by atoms with E-state index in [0.717, 1.165) is 22.3 Å². The molecule has 3 aromatic carbocycles. The van der Waals surface area contributed by atoms with Crippen molar-refractivity contribution in [2.45, 2.75) is 18.4 Å². The quantitative estimate of drug-likeness (QED) is 0.667. The van der Waals surface area contributed by atoms with Gasteiger partial charge in [0.1, 0.15) is 12.4 Å². The second kappa shape index (κ2) is 7.54. The van der Waals surface area contributed by atoms with Crippen LogP contribution in [0.5, 0.6) is 0 Å². The summed E-state index contributed by atoms with van der Waals surface area (Å²) in [5.74, 6) is -1.69. The first-order valence-corrected chi connectivity index (χ1v) is 10.2. The highest BCUT2D eigenvalue weighted by molar-refractivity contribution is 5.83. The Morgan fingerprint density at radius 2 is 1.61 bits per heavy atom. The van der Waals surface area contributed by atoms with Crippen LogP contribution >= 0.6 is 0 Å². The summed E-state index contributed by atoms with van der Waals surface area (Å²) in [6, 6.07) is 18.8. The summed E-state index contributed by atoms with van der Waals surface area (Å²) in [5.41, 5.74) is 5.45. The number of carboxylic acid groups (broad SMARTS) is 1. The molecular formula is C25H20FNO4. The molecule has 0 fully saturated rings. The zero-order chi connectivity index (χ0) is 21.5. The lowest BCUT2D eigenvalue weighted by Gasteiger charge is -2.34. The molecule has 0 unspecified atom stereocenters. The molecule has 1 aliphatic heterocycles. The van der Waals surface area contributed by atoms with Crippen LogP contribution in [0.4, 0.5) is 9.18 Å². The third-order valence-electron chi connectivity index (χ3n) is 6.14. The first-order chi connectivity index (χ1) is 15.0. The van der Waals surface area contributed by atoms with Crippen LogP contribution in [0.2, 0.25) is 0 Å². The lowest BCUT2D eigenvalue weighted by molar-refractivity contribution is -0.143. The van der Waals surface area contributed by atoms with Gasteiger partial charge in [0.05, 0.1) is 0 Å². The van der Waals surface area contributed by atoms with E-state index >= 15 is 0 Å². The van der Waals surface area contributed by atoms with Crippen molar-refractivity contribution in [2.24, 2.45) is 0 Å². The van der Waals surface area contributed by atoms with Crippen molar-refractivity contribution in [3.8, 4) is 11.1 Å². The van der Waals surface area contributed by atoms with Crippen LogP contribution in [0.1, 0.15) is 34.2 Å². The first kappa shape index (κ1) is 19.3. The topological polar surface area (TPSA) is 66.8 Å². The van der Waals surface area contributed by atoms with Crippen molar-refractivity contribution in [3.05, 3.63) is 94.8 Å². The van der Waals surface area contributed by atoms with Crippen molar-refractivity contribution in [3.63, 3.8) is 0 Å². The van der Waals surface area contributed by atoms with E-state index in [1.54, 1.807) is 0 Å². The molecule has 2 aliphatic rings. The second-order valence-electron chi connectivity index (χ2n) is 7.83. The van der Waals surface area contributed by atoms with Gasteiger partial charge in [0.25, 0.3) is 0 Å². The molecule has 0 bridgehead atoms. The highest BCUT2D eigenvalue weighted by atomic mass is 19.1. The summed E-state index contributed by atoms with van der Waals surface area (Å²) in [4.78, 5) is 26.1. The molecule has 5 rings (SSSR count). The molecule has 1 atom stereocenters. The average molecular weight is 417 g/mol. The van der Waals surface area contributed by atoms with E-state index in [1.165, 1.54) is 23.1 Å². The number of carboxylic acids is 1. The smallest absolute Gasteiger partial charge is 0.410 e. The van der Waals surface area contributed by atoms with Gasteiger partial charge in [0.15, 0.2) is 6.04 Å². The number of rotatable bonds is 3. The third kappa shape index (κ3) is 3.24. The van der Waals surface area contributed by atoms with Crippen molar-refractivity contribution in [1.82, 2.24) is 4.90 Å². The number of halogens is 1. The maximum atomic E-state index is 13.6. The zero-order valence-corrected chi connectivity index (χ0v) is 16.6. The fourth-order valence-corrected chi connectivity index (χ4v) is 4.74. The van der Waals surface area contributed by atoms with Gasteiger partial charge in [-0.3, -0.25) is 4.90 Å². The van der Waals surface area contributed by atoms with E-state index in [2.05, 4.69) is 12.1 Å². The first-order valence-electron chi connectivity index (χ1n) is 10.2. The number of aliphatic carboxylic acids is 1. The van der Waals surface area contributed by atoms with Gasteiger partial charge in [0.2, 0.25) is 0 Å². The van der Waals surface area contributed by atoms with Crippen LogP contribution in [0, 0.1) is 5.82 Å². The Labute approximate surface area is 178 Å². The normalized spacial score (nSPS) is 16.9. The number of ether oxygens (including phenoxy) is 1. The minimum atomic E-state index is -1.19. The van der Waals surface area contributed by atoms with E-state index in [-0.39, 0.29) is 19.1 Å². The Morgan fingerprint density at radius 1 is 0.968 bits per heavy atom. The number of carbonyl (C=O) groups is 2. The van der Waals surface area contributed by atoms with Crippen molar-refractivity contribution in [1.29, 1.82) is 0 Å². The summed E-state index contributed by atoms with van der Waals surface area (Å²) in [7, 11) is 0. The fourth-order valence-electron chi connectivity index (χ4n) is 4.74. The second-order valence-corrected chi connectivity index (χ2v) is 7.83. The number of hydrogen-bond acceptors (Lipinski definition) is 3. The molecule has 0 aromatic heterocycles. The third-order valence-corrected chi connectivity index (χ3v) is 6.14. The number of nitrogens with zero attached hydrogens (tertiary/aromatic N) is 1. The van der Waals surface area contributed by atoms with Gasteiger partial charge >= 0.3 is 12.1 Å². The van der Waals surface area contributed by atoms with E-state index in [9.17, 15) is 19.1 Å². The van der Waals surface area contributed by atoms with Crippen LogP contribution in [0.3, 0.4) is 0 Å². The van der Waals surface area contributed by atoms with Crippen molar-refractivity contribution in [2.75, 3.05) is 13.2 Å². The largest absolute Gasteiger partial charge is 0.479 e. The lowest BCUT2D eigenvalue weighted by Crippen LogP contribution is -2.44. The standard InChI is InChI=1S/C25H20FNO4/c26-16-9-10-17-15(13-16)11-12-27(23(17)24(28)29)25(30)31-14-22-20-7-3-1-5-18(20)19-6-2-4-8-21(19)22/h1-10,13,22-23H,11-12,14H2,(H,28,29)/t23-/m1/s1. The summed E-state index contributed by atoms with van der Waals surface area (Å²) in [6.45, 7) is 0.274. The fraction of sp³-hybridized carbons (Fsp3) is 0.200. The highest BCUT2D eigenvalue weighted by Crippen LogP contribution is 2.44. The zero-order valence-electron chi connectivity index (χ0n) is 16.6. The summed E-state index contributed by atoms with van der Waals surface area (Å²) >= 11 is 0. The SMILES string of the molecule is O=C(O)[C@H]1c2ccc(F)cc2CCN1C(=O)OCC1c2ccccc2-c2ccccc21. The van der Waals surface area contributed by atoms with Crippen LogP contribution in [-0.4, -0.2) is 35.2 Å². The van der Waals surface area contributed by atoms with Crippen molar-refractivity contribution >= 4 is 12.1 Å². The molecule has 1 amide bonds. The van der Waals surface area contributed by atoms with Crippen LogP contribution in [-0.2, 0) is 16.0 Å². The Hall–Kier alpha value is -3.67. The van der Waals surface area contributed by atoms with Gasteiger partial charge in [-0.1, -0.05) is 54.6 Å². The van der Waals surface area contributed by atoms with E-state index in [4.69, 9.17) is 4.74 Å². The van der Waals surface area contributed by atoms with Gasteiger partial charge in [0, 0.05) is 12.5 Å². The molecular weight excluding hydrogens is 397 g/mol. The predicted octanol–water partition coefficient (Wildman–Crippen LogP) is 4.76. The number of fused-ring (bicyclic) bond motifs is 4. The van der Waals surface area contributed by atoms with Crippen LogP contribution in [0.15, 0.2) is 66.7 Å². The number of amides is 1. The molecule has 0 radical (unpaired) electrons. The highest BCUT2D eigenvalue weighted by Gasteiger charge is 2.38. The van der Waals surface area contributed by atoms with Crippen LogP contribution in [0.25, 0.3) is 11.1 Å². The molecule has 1 heterocycles. The molecule has 5 nitrogen and oxygen atoms in total. The lowest BCUT2D eigenvalue weighted by atomic mass is 9.93. The van der Waals surface area contributed by atoms with Gasteiger partial charge in [-0.2, -0.15) is 0 Å². The molecule has 0 spiro atoms. The Bertz CT molecular complexity index is 1150. The Morgan fingerprint density at radius 3 is 2.26 bits per heavy atom. The van der Waals surface area contributed by atoms with Gasteiger partial charge in [-0.15, -0.1) is 0 Å². The minimum absolute atomic E-state index is 0.106. The molecule has 31 heavy (non-hydrogen) atoms. The predicted molar refractivity (Wildman–Crippen MR) is 112 cm³/mol. The monoisotopic (exact) mass is 417 g/mol. The van der Waals surface area contributed by atoms with Crippen molar-refractivity contribution < 1.29 is 23.8 Å². The number of benzene rings is 3. The molecule has 1 aliphatic carbocycles. The molecule has 0 saturated heterocycles. The minimum Gasteiger partial charge on any atom is -0.479 e. The van der Waals surface area contributed by atoms with E-state index in [1.807, 2.05) is 36.4 Å². The van der Waals surface area contributed by atoms with Crippen LogP contribution < -0.4 is 0 Å². The number of carbonyl (C=O) groups excluding carboxylic acids is 1. The molecule has 1 N–H and O–H groups in total.